The highest BCUT2D eigenvalue weighted by molar-refractivity contribution is 9.10. The Balaban J connectivity index is 2.15. The predicted molar refractivity (Wildman–Crippen MR) is 85.9 cm³/mol. The molecular formula is C15H8BrCl2NO. The quantitative estimate of drug-likeness (QED) is 0.598. The predicted octanol–water partition coefficient (Wildman–Crippen LogP) is 5.47. The van der Waals surface area contributed by atoms with E-state index in [1.165, 1.54) is 0 Å². The number of carbonyl (C=O) groups is 1. The summed E-state index contributed by atoms with van der Waals surface area (Å²) in [6.45, 7) is 0. The normalized spacial score (nSPS) is 10.9. The number of carbonyl (C=O) groups excluding carboxylic acids is 1. The van der Waals surface area contributed by atoms with Crippen LogP contribution in [0.5, 0.6) is 0 Å². The third-order valence-corrected chi connectivity index (χ3v) is 4.19. The molecule has 0 aliphatic carbocycles. The Labute approximate surface area is 133 Å². The number of ketones is 1. The lowest BCUT2D eigenvalue weighted by Gasteiger charge is -2.03. The number of aromatic nitrogens is 1. The van der Waals surface area contributed by atoms with Gasteiger partial charge in [-0.1, -0.05) is 23.2 Å². The van der Waals surface area contributed by atoms with Crippen molar-refractivity contribution in [2.45, 2.75) is 0 Å². The number of H-pyrrole nitrogens is 1. The van der Waals surface area contributed by atoms with Crippen LogP contribution in [0.2, 0.25) is 10.0 Å². The fourth-order valence-electron chi connectivity index (χ4n) is 2.10. The van der Waals surface area contributed by atoms with Gasteiger partial charge < -0.3 is 4.98 Å². The molecular weight excluding hydrogens is 361 g/mol. The standard InChI is InChI=1S/C15H8BrCl2NO/c16-13-6-9(18)1-3-10(13)15(20)12-7-19-14-4-2-8(17)5-11(12)14/h1-7,19H. The highest BCUT2D eigenvalue weighted by Crippen LogP contribution is 2.28. The molecule has 0 unspecified atom stereocenters. The molecule has 1 N–H and O–H groups in total. The van der Waals surface area contributed by atoms with Gasteiger partial charge in [-0.2, -0.15) is 0 Å². The summed E-state index contributed by atoms with van der Waals surface area (Å²) in [5.41, 5.74) is 2.03. The van der Waals surface area contributed by atoms with Gasteiger partial charge in [0.2, 0.25) is 0 Å². The first-order valence-electron chi connectivity index (χ1n) is 5.82. The molecule has 100 valence electrons. The highest BCUT2D eigenvalue weighted by atomic mass is 79.9. The van der Waals surface area contributed by atoms with Gasteiger partial charge in [-0.05, 0) is 52.3 Å². The number of halogens is 3. The Hall–Kier alpha value is -1.29. The van der Waals surface area contributed by atoms with Gasteiger partial charge in [0, 0.05) is 42.7 Å². The summed E-state index contributed by atoms with van der Waals surface area (Å²) in [5.74, 6) is -0.0814. The molecule has 3 rings (SSSR count). The number of benzene rings is 2. The molecule has 0 fully saturated rings. The van der Waals surface area contributed by atoms with Gasteiger partial charge in [0.1, 0.15) is 0 Å². The minimum atomic E-state index is -0.0814. The zero-order chi connectivity index (χ0) is 14.3. The number of fused-ring (bicyclic) bond motifs is 1. The topological polar surface area (TPSA) is 32.9 Å². The molecule has 1 aromatic heterocycles. The Bertz CT molecular complexity index is 826. The minimum absolute atomic E-state index is 0.0814. The van der Waals surface area contributed by atoms with E-state index in [2.05, 4.69) is 20.9 Å². The van der Waals surface area contributed by atoms with Crippen molar-refractivity contribution >= 4 is 55.8 Å². The minimum Gasteiger partial charge on any atom is -0.360 e. The summed E-state index contributed by atoms with van der Waals surface area (Å²) in [4.78, 5) is 15.7. The zero-order valence-electron chi connectivity index (χ0n) is 10.1. The highest BCUT2D eigenvalue weighted by Gasteiger charge is 2.17. The molecule has 0 aliphatic rings. The summed E-state index contributed by atoms with van der Waals surface area (Å²) in [7, 11) is 0. The maximum absolute atomic E-state index is 12.6. The summed E-state index contributed by atoms with van der Waals surface area (Å²) in [5, 5.41) is 1.99. The average molecular weight is 369 g/mol. The molecule has 0 aliphatic heterocycles. The number of hydrogen-bond donors (Lipinski definition) is 1. The van der Waals surface area contributed by atoms with E-state index >= 15 is 0 Å². The first kappa shape index (κ1) is 13.7. The number of hydrogen-bond acceptors (Lipinski definition) is 1. The molecule has 2 aromatic carbocycles. The van der Waals surface area contributed by atoms with Crippen LogP contribution in [-0.4, -0.2) is 10.8 Å². The molecule has 0 saturated heterocycles. The largest absolute Gasteiger partial charge is 0.360 e. The van der Waals surface area contributed by atoms with Crippen molar-refractivity contribution in [1.82, 2.24) is 4.98 Å². The van der Waals surface area contributed by atoms with E-state index in [1.54, 1.807) is 36.5 Å². The second-order valence-corrected chi connectivity index (χ2v) is 6.07. The summed E-state index contributed by atoms with van der Waals surface area (Å²) in [6.07, 6.45) is 1.70. The summed E-state index contributed by atoms with van der Waals surface area (Å²) < 4.78 is 0.673. The van der Waals surface area contributed by atoms with Gasteiger partial charge in [-0.25, -0.2) is 0 Å². The summed E-state index contributed by atoms with van der Waals surface area (Å²) >= 11 is 15.3. The lowest BCUT2D eigenvalue weighted by atomic mass is 10.0. The van der Waals surface area contributed by atoms with Crippen LogP contribution in [0.15, 0.2) is 47.1 Å². The van der Waals surface area contributed by atoms with Crippen LogP contribution < -0.4 is 0 Å². The summed E-state index contributed by atoms with van der Waals surface area (Å²) in [6, 6.07) is 10.5. The van der Waals surface area contributed by atoms with Gasteiger partial charge >= 0.3 is 0 Å². The molecule has 0 bridgehead atoms. The van der Waals surface area contributed by atoms with E-state index in [0.717, 1.165) is 10.9 Å². The van der Waals surface area contributed by atoms with Crippen LogP contribution in [0.4, 0.5) is 0 Å². The second-order valence-electron chi connectivity index (χ2n) is 4.35. The molecule has 0 spiro atoms. The van der Waals surface area contributed by atoms with Crippen molar-refractivity contribution in [3.63, 3.8) is 0 Å². The van der Waals surface area contributed by atoms with Crippen molar-refractivity contribution in [2.24, 2.45) is 0 Å². The first-order chi connectivity index (χ1) is 9.56. The van der Waals surface area contributed by atoms with Crippen LogP contribution in [0, 0.1) is 0 Å². The molecule has 20 heavy (non-hydrogen) atoms. The molecule has 0 radical (unpaired) electrons. The van der Waals surface area contributed by atoms with Crippen molar-refractivity contribution < 1.29 is 4.79 Å². The second kappa shape index (κ2) is 5.24. The molecule has 0 atom stereocenters. The van der Waals surface area contributed by atoms with Crippen LogP contribution in [0.3, 0.4) is 0 Å². The fourth-order valence-corrected chi connectivity index (χ4v) is 3.13. The van der Waals surface area contributed by atoms with E-state index in [4.69, 9.17) is 23.2 Å². The van der Waals surface area contributed by atoms with Crippen LogP contribution in [0.1, 0.15) is 15.9 Å². The van der Waals surface area contributed by atoms with Gasteiger partial charge in [-0.3, -0.25) is 4.79 Å². The monoisotopic (exact) mass is 367 g/mol. The molecule has 0 amide bonds. The van der Waals surface area contributed by atoms with E-state index in [0.29, 0.717) is 25.6 Å². The fraction of sp³-hybridized carbons (Fsp3) is 0. The molecule has 3 aromatic rings. The van der Waals surface area contributed by atoms with E-state index in [-0.39, 0.29) is 5.78 Å². The Morgan fingerprint density at radius 1 is 1.00 bits per heavy atom. The number of nitrogens with one attached hydrogen (secondary N) is 1. The van der Waals surface area contributed by atoms with E-state index in [9.17, 15) is 4.79 Å². The van der Waals surface area contributed by atoms with Gasteiger partial charge in [-0.15, -0.1) is 0 Å². The molecule has 2 nitrogen and oxygen atoms in total. The van der Waals surface area contributed by atoms with Crippen molar-refractivity contribution in [1.29, 1.82) is 0 Å². The van der Waals surface area contributed by atoms with E-state index < -0.39 is 0 Å². The average Bonchev–Trinajstić information content (AvgIpc) is 2.81. The maximum atomic E-state index is 12.6. The van der Waals surface area contributed by atoms with Gasteiger partial charge in [0.25, 0.3) is 0 Å². The first-order valence-corrected chi connectivity index (χ1v) is 7.37. The van der Waals surface area contributed by atoms with Crippen molar-refractivity contribution in [3.8, 4) is 0 Å². The SMILES string of the molecule is O=C(c1ccc(Cl)cc1Br)c1c[nH]c2ccc(Cl)cc12. The van der Waals surface area contributed by atoms with Crippen LogP contribution in [-0.2, 0) is 0 Å². The van der Waals surface area contributed by atoms with E-state index in [1.807, 2.05) is 6.07 Å². The Morgan fingerprint density at radius 2 is 1.70 bits per heavy atom. The third kappa shape index (κ3) is 2.37. The van der Waals surface area contributed by atoms with Crippen LogP contribution in [0.25, 0.3) is 10.9 Å². The zero-order valence-corrected chi connectivity index (χ0v) is 13.2. The Kier molecular flexibility index (Phi) is 3.59. The smallest absolute Gasteiger partial charge is 0.196 e. The number of aromatic amines is 1. The van der Waals surface area contributed by atoms with Crippen molar-refractivity contribution in [2.75, 3.05) is 0 Å². The lowest BCUT2D eigenvalue weighted by Crippen LogP contribution is -2.01. The third-order valence-electron chi connectivity index (χ3n) is 3.06. The van der Waals surface area contributed by atoms with Crippen molar-refractivity contribution in [3.05, 3.63) is 68.2 Å². The molecule has 5 heteroatoms. The lowest BCUT2D eigenvalue weighted by molar-refractivity contribution is 0.103. The molecule has 1 heterocycles. The van der Waals surface area contributed by atoms with Gasteiger partial charge in [0.15, 0.2) is 5.78 Å². The Morgan fingerprint density at radius 3 is 2.45 bits per heavy atom. The van der Waals surface area contributed by atoms with Gasteiger partial charge in [0.05, 0.1) is 0 Å². The van der Waals surface area contributed by atoms with Crippen LogP contribution >= 0.6 is 39.1 Å². The molecule has 0 saturated carbocycles. The maximum Gasteiger partial charge on any atom is 0.196 e. The number of rotatable bonds is 2.